The summed E-state index contributed by atoms with van der Waals surface area (Å²) in [4.78, 5) is 9.18. The average Bonchev–Trinajstić information content (AvgIpc) is 2.20. The lowest BCUT2D eigenvalue weighted by Crippen LogP contribution is -2.55. The molecule has 0 radical (unpaired) electrons. The smallest absolute Gasteiger partial charge is 0.405 e. The largest absolute Gasteiger partial charge is 0.468 e. The number of carbonyl (C=O) groups is 1. The summed E-state index contributed by atoms with van der Waals surface area (Å²) in [6.07, 6.45) is -4.10. The fourth-order valence-corrected chi connectivity index (χ4v) is 0.953. The molecule has 15 heavy (non-hydrogen) atoms. The minimum atomic E-state index is -4.10. The lowest BCUT2D eigenvalue weighted by Gasteiger charge is -2.26. The van der Waals surface area contributed by atoms with Crippen molar-refractivity contribution in [3.8, 4) is 0 Å². The Balaban J connectivity index is 0.000000336. The summed E-state index contributed by atoms with van der Waals surface area (Å²) in [5.41, 5.74) is 0. The summed E-state index contributed by atoms with van der Waals surface area (Å²) in [5, 5.41) is 5.03. The molecule has 0 spiro atoms. The molecule has 1 rings (SSSR count). The molecule has 1 heterocycles. The van der Waals surface area contributed by atoms with Gasteiger partial charge in [-0.1, -0.05) is 0 Å². The number of carbonyl (C=O) groups excluding carboxylic acids is 1. The number of hydrogen-bond donors (Lipinski definition) is 2. The second-order valence-electron chi connectivity index (χ2n) is 2.80. The van der Waals surface area contributed by atoms with Gasteiger partial charge >= 0.3 is 6.18 Å². The van der Waals surface area contributed by atoms with Crippen molar-refractivity contribution in [3.05, 3.63) is 0 Å². The van der Waals surface area contributed by atoms with Crippen LogP contribution in [0.5, 0.6) is 0 Å². The summed E-state index contributed by atoms with van der Waals surface area (Å²) in [6, 6.07) is -1.36. The minimum absolute atomic E-state index is 0.0104. The maximum Gasteiger partial charge on any atom is 0.405 e. The number of ether oxygens (including phenoxy) is 1. The number of nitrogens with one attached hydrogen (secondary N) is 2. The van der Waals surface area contributed by atoms with Crippen LogP contribution in [0.4, 0.5) is 13.2 Å². The Hall–Kier alpha value is -0.820. The third-order valence-electron chi connectivity index (χ3n) is 1.67. The Morgan fingerprint density at radius 1 is 1.47 bits per heavy atom. The van der Waals surface area contributed by atoms with E-state index in [0.717, 1.165) is 0 Å². The lowest BCUT2D eigenvalue weighted by atomic mass is 10.2. The Kier molecular flexibility index (Phi) is 7.06. The van der Waals surface area contributed by atoms with Gasteiger partial charge in [0.25, 0.3) is 6.47 Å². The Morgan fingerprint density at radius 2 is 2.13 bits per heavy atom. The van der Waals surface area contributed by atoms with Crippen molar-refractivity contribution in [1.29, 1.82) is 0 Å². The highest BCUT2D eigenvalue weighted by atomic mass is 19.4. The molecule has 0 aliphatic carbocycles. The zero-order valence-electron chi connectivity index (χ0n) is 8.43. The predicted molar refractivity (Wildman–Crippen MR) is 48.4 cm³/mol. The van der Waals surface area contributed by atoms with E-state index < -0.39 is 12.2 Å². The minimum Gasteiger partial charge on any atom is -0.468 e. The van der Waals surface area contributed by atoms with Crippen LogP contribution >= 0.6 is 0 Å². The number of piperazine rings is 1. The number of alkyl halides is 3. The van der Waals surface area contributed by atoms with Gasteiger partial charge in [-0.25, -0.2) is 0 Å². The van der Waals surface area contributed by atoms with E-state index in [1.807, 2.05) is 0 Å². The van der Waals surface area contributed by atoms with Crippen molar-refractivity contribution in [2.45, 2.75) is 19.1 Å². The normalized spacial score (nSPS) is 21.2. The topological polar surface area (TPSA) is 50.4 Å². The predicted octanol–water partition coefficient (Wildman–Crippen LogP) is 0.289. The summed E-state index contributed by atoms with van der Waals surface area (Å²) in [7, 11) is 0. The molecule has 7 heteroatoms. The van der Waals surface area contributed by atoms with Gasteiger partial charge in [-0.15, -0.1) is 0 Å². The first kappa shape index (κ1) is 14.2. The van der Waals surface area contributed by atoms with E-state index in [-0.39, 0.29) is 6.54 Å². The van der Waals surface area contributed by atoms with Crippen molar-refractivity contribution in [2.24, 2.45) is 0 Å². The summed E-state index contributed by atoms with van der Waals surface area (Å²) < 4.78 is 39.7. The van der Waals surface area contributed by atoms with Gasteiger partial charge in [-0.2, -0.15) is 13.2 Å². The second kappa shape index (κ2) is 7.47. The molecule has 0 bridgehead atoms. The molecule has 90 valence electrons. The van der Waals surface area contributed by atoms with E-state index in [2.05, 4.69) is 15.4 Å². The lowest BCUT2D eigenvalue weighted by molar-refractivity contribution is -0.157. The molecule has 0 aromatic heterocycles. The molecule has 0 saturated carbocycles. The van der Waals surface area contributed by atoms with Gasteiger partial charge in [-0.3, -0.25) is 4.79 Å². The molecule has 1 atom stereocenters. The second-order valence-corrected chi connectivity index (χ2v) is 2.80. The maximum atomic E-state index is 11.8. The molecule has 1 saturated heterocycles. The Bertz CT molecular complexity index is 170. The zero-order valence-corrected chi connectivity index (χ0v) is 8.43. The molecular weight excluding hydrogens is 213 g/mol. The van der Waals surface area contributed by atoms with E-state index in [9.17, 15) is 18.0 Å². The summed E-state index contributed by atoms with van der Waals surface area (Å²) >= 11 is 0. The Labute approximate surface area is 86.2 Å². The first-order chi connectivity index (χ1) is 7.02. The average molecular weight is 228 g/mol. The van der Waals surface area contributed by atoms with Crippen LogP contribution in [0.2, 0.25) is 0 Å². The van der Waals surface area contributed by atoms with Crippen molar-refractivity contribution < 1.29 is 22.7 Å². The molecule has 1 aliphatic rings. The van der Waals surface area contributed by atoms with Crippen LogP contribution in [-0.2, 0) is 9.53 Å². The highest BCUT2D eigenvalue weighted by Crippen LogP contribution is 2.19. The summed E-state index contributed by atoms with van der Waals surface area (Å²) in [5.74, 6) is 0. The van der Waals surface area contributed by atoms with Gasteiger partial charge in [0.2, 0.25) is 0 Å². The maximum absolute atomic E-state index is 11.8. The van der Waals surface area contributed by atoms with E-state index >= 15 is 0 Å². The quantitative estimate of drug-likeness (QED) is 0.667. The van der Waals surface area contributed by atoms with Crippen LogP contribution in [0, 0.1) is 0 Å². The molecule has 1 unspecified atom stereocenters. The molecular formula is C8H15F3N2O2. The zero-order chi connectivity index (χ0) is 11.7. The fourth-order valence-electron chi connectivity index (χ4n) is 0.953. The van der Waals surface area contributed by atoms with E-state index in [1.165, 1.54) is 0 Å². The third-order valence-corrected chi connectivity index (χ3v) is 1.67. The Morgan fingerprint density at radius 3 is 2.33 bits per heavy atom. The van der Waals surface area contributed by atoms with Gasteiger partial charge < -0.3 is 15.4 Å². The van der Waals surface area contributed by atoms with Gasteiger partial charge in [0.15, 0.2) is 0 Å². The number of rotatable bonds is 2. The molecule has 1 fully saturated rings. The molecule has 0 aromatic carbocycles. The first-order valence-corrected chi connectivity index (χ1v) is 4.58. The van der Waals surface area contributed by atoms with Gasteiger partial charge in [0.1, 0.15) is 6.04 Å². The van der Waals surface area contributed by atoms with Crippen LogP contribution in [-0.4, -0.2) is 44.9 Å². The number of halogens is 3. The van der Waals surface area contributed by atoms with Crippen LogP contribution in [0.15, 0.2) is 0 Å². The highest BCUT2D eigenvalue weighted by Gasteiger charge is 2.39. The van der Waals surface area contributed by atoms with Crippen molar-refractivity contribution in [3.63, 3.8) is 0 Å². The molecule has 0 aromatic rings. The fraction of sp³-hybridized carbons (Fsp3) is 0.875. The standard InChI is InChI=1S/C5H9F3N2.C3H6O2/c6-5(7,8)4-3-9-1-2-10-4;1-2-5-3-4/h4,9-10H,1-3H2;3H,2H2,1H3. The first-order valence-electron chi connectivity index (χ1n) is 4.58. The van der Waals surface area contributed by atoms with E-state index in [1.54, 1.807) is 6.92 Å². The third kappa shape index (κ3) is 7.15. The van der Waals surface area contributed by atoms with Crippen LogP contribution < -0.4 is 10.6 Å². The van der Waals surface area contributed by atoms with Crippen molar-refractivity contribution in [1.82, 2.24) is 10.6 Å². The molecule has 1 aliphatic heterocycles. The highest BCUT2D eigenvalue weighted by molar-refractivity contribution is 5.36. The molecule has 0 amide bonds. The number of hydrogen-bond acceptors (Lipinski definition) is 4. The summed E-state index contributed by atoms with van der Waals surface area (Å²) in [6.45, 7) is 3.66. The van der Waals surface area contributed by atoms with Gasteiger partial charge in [0.05, 0.1) is 6.61 Å². The molecule has 4 nitrogen and oxygen atoms in total. The van der Waals surface area contributed by atoms with E-state index in [0.29, 0.717) is 26.2 Å². The van der Waals surface area contributed by atoms with Crippen LogP contribution in [0.3, 0.4) is 0 Å². The van der Waals surface area contributed by atoms with Crippen molar-refractivity contribution in [2.75, 3.05) is 26.2 Å². The van der Waals surface area contributed by atoms with Gasteiger partial charge in [0, 0.05) is 19.6 Å². The van der Waals surface area contributed by atoms with Crippen molar-refractivity contribution >= 4 is 6.47 Å². The SMILES string of the molecule is CCOC=O.FC(F)(F)C1CNCCN1. The van der Waals surface area contributed by atoms with Crippen LogP contribution in [0.1, 0.15) is 6.92 Å². The van der Waals surface area contributed by atoms with E-state index in [4.69, 9.17) is 0 Å². The van der Waals surface area contributed by atoms with Crippen LogP contribution in [0.25, 0.3) is 0 Å². The van der Waals surface area contributed by atoms with Gasteiger partial charge in [-0.05, 0) is 6.92 Å². The monoisotopic (exact) mass is 228 g/mol. The molecule has 2 N–H and O–H groups in total.